The number of primary amides is 1. The standard InChI is InChI=1S/C15H23F2N5O2/c1-19-15(20-8-11-2-3-12(24-11)14(18)23)21-10-4-6-22(7-5-10)9-13(16)17/h2-3,10,13H,4-9H2,1H3,(H2,18,23)(H2,19,20,21). The summed E-state index contributed by atoms with van der Waals surface area (Å²) in [6, 6.07) is 3.38. The Morgan fingerprint density at radius 1 is 1.46 bits per heavy atom. The molecule has 0 spiro atoms. The molecule has 2 rings (SSSR count). The van der Waals surface area contributed by atoms with Crippen molar-refractivity contribution in [2.45, 2.75) is 31.9 Å². The lowest BCUT2D eigenvalue weighted by Crippen LogP contribution is -2.49. The number of rotatable bonds is 6. The van der Waals surface area contributed by atoms with Crippen LogP contribution in [0.1, 0.15) is 29.2 Å². The van der Waals surface area contributed by atoms with Gasteiger partial charge in [0.15, 0.2) is 11.7 Å². The molecule has 1 amide bonds. The number of alkyl halides is 2. The number of nitrogens with zero attached hydrogens (tertiary/aromatic N) is 2. The maximum absolute atomic E-state index is 12.4. The van der Waals surface area contributed by atoms with Gasteiger partial charge in [0.25, 0.3) is 12.3 Å². The van der Waals surface area contributed by atoms with Crippen LogP contribution in [0.25, 0.3) is 0 Å². The molecule has 2 heterocycles. The lowest BCUT2D eigenvalue weighted by molar-refractivity contribution is 0.0744. The molecule has 9 heteroatoms. The minimum atomic E-state index is -2.29. The zero-order valence-corrected chi connectivity index (χ0v) is 13.6. The summed E-state index contributed by atoms with van der Waals surface area (Å²) in [6.45, 7) is 1.47. The number of nitrogens with two attached hydrogens (primary N) is 1. The quantitative estimate of drug-likeness (QED) is 0.524. The summed E-state index contributed by atoms with van der Waals surface area (Å²) in [5.74, 6) is 0.665. The summed E-state index contributed by atoms with van der Waals surface area (Å²) in [4.78, 5) is 16.9. The molecule has 4 N–H and O–H groups in total. The molecule has 1 fully saturated rings. The van der Waals surface area contributed by atoms with E-state index in [1.807, 2.05) is 0 Å². The molecule has 0 radical (unpaired) electrons. The fraction of sp³-hybridized carbons (Fsp3) is 0.600. The Bertz CT molecular complexity index is 568. The van der Waals surface area contributed by atoms with E-state index < -0.39 is 12.3 Å². The van der Waals surface area contributed by atoms with Gasteiger partial charge in [-0.1, -0.05) is 0 Å². The maximum Gasteiger partial charge on any atom is 0.284 e. The predicted octanol–water partition coefficient (Wildman–Crippen LogP) is 0.773. The van der Waals surface area contributed by atoms with Crippen LogP contribution in [-0.2, 0) is 6.54 Å². The first-order valence-electron chi connectivity index (χ1n) is 7.84. The van der Waals surface area contributed by atoms with Gasteiger partial charge in [0.1, 0.15) is 5.76 Å². The normalized spacial score (nSPS) is 17.2. The van der Waals surface area contributed by atoms with Crippen LogP contribution in [0.3, 0.4) is 0 Å². The van der Waals surface area contributed by atoms with Crippen LogP contribution in [0.15, 0.2) is 21.5 Å². The number of nitrogens with one attached hydrogen (secondary N) is 2. The van der Waals surface area contributed by atoms with Gasteiger partial charge in [-0.2, -0.15) is 0 Å². The molecule has 0 saturated carbocycles. The molecule has 1 saturated heterocycles. The molecule has 134 valence electrons. The number of hydrogen-bond acceptors (Lipinski definition) is 4. The SMILES string of the molecule is CN=C(NCc1ccc(C(N)=O)o1)NC1CCN(CC(F)F)CC1. The number of furan rings is 1. The number of carbonyl (C=O) groups excluding carboxylic acids is 1. The Hall–Kier alpha value is -2.16. The molecule has 24 heavy (non-hydrogen) atoms. The van der Waals surface area contributed by atoms with E-state index in [-0.39, 0.29) is 18.3 Å². The molecule has 0 aliphatic carbocycles. The van der Waals surface area contributed by atoms with Gasteiger partial charge in [-0.05, 0) is 25.0 Å². The van der Waals surface area contributed by atoms with Crippen molar-refractivity contribution in [3.8, 4) is 0 Å². The highest BCUT2D eigenvalue weighted by molar-refractivity contribution is 5.89. The van der Waals surface area contributed by atoms with Gasteiger partial charge < -0.3 is 20.8 Å². The van der Waals surface area contributed by atoms with E-state index in [9.17, 15) is 13.6 Å². The van der Waals surface area contributed by atoms with Gasteiger partial charge in [-0.25, -0.2) is 8.78 Å². The molecular weight excluding hydrogens is 320 g/mol. The summed E-state index contributed by atoms with van der Waals surface area (Å²) in [7, 11) is 1.65. The van der Waals surface area contributed by atoms with E-state index in [4.69, 9.17) is 10.2 Å². The van der Waals surface area contributed by atoms with E-state index in [1.165, 1.54) is 6.07 Å². The average molecular weight is 343 g/mol. The molecule has 1 aromatic rings. The van der Waals surface area contributed by atoms with E-state index in [1.54, 1.807) is 18.0 Å². The number of aliphatic imine (C=N–C) groups is 1. The van der Waals surface area contributed by atoms with Crippen molar-refractivity contribution in [3.63, 3.8) is 0 Å². The van der Waals surface area contributed by atoms with Crippen molar-refractivity contribution in [3.05, 3.63) is 23.7 Å². The fourth-order valence-electron chi connectivity index (χ4n) is 2.62. The lowest BCUT2D eigenvalue weighted by Gasteiger charge is -2.32. The van der Waals surface area contributed by atoms with Crippen molar-refractivity contribution in [1.29, 1.82) is 0 Å². The Labute approximate surface area is 139 Å². The molecule has 1 aliphatic rings. The Balaban J connectivity index is 1.75. The zero-order chi connectivity index (χ0) is 17.5. The first kappa shape index (κ1) is 18.2. The summed E-state index contributed by atoms with van der Waals surface area (Å²) < 4.78 is 30.0. The van der Waals surface area contributed by atoms with Crippen LogP contribution in [0.4, 0.5) is 8.78 Å². The van der Waals surface area contributed by atoms with Gasteiger partial charge >= 0.3 is 0 Å². The highest BCUT2D eigenvalue weighted by Gasteiger charge is 2.22. The smallest absolute Gasteiger partial charge is 0.284 e. The van der Waals surface area contributed by atoms with Gasteiger partial charge in [0.05, 0.1) is 13.1 Å². The summed E-state index contributed by atoms with van der Waals surface area (Å²) >= 11 is 0. The number of amides is 1. The van der Waals surface area contributed by atoms with Gasteiger partial charge in [0.2, 0.25) is 0 Å². The Kier molecular flexibility index (Phi) is 6.53. The topological polar surface area (TPSA) is 95.9 Å². The Morgan fingerprint density at radius 2 is 2.17 bits per heavy atom. The molecule has 0 bridgehead atoms. The number of halogens is 2. The Morgan fingerprint density at radius 3 is 2.71 bits per heavy atom. The average Bonchev–Trinajstić information content (AvgIpc) is 3.02. The van der Waals surface area contributed by atoms with Crippen molar-refractivity contribution in [1.82, 2.24) is 15.5 Å². The first-order valence-corrected chi connectivity index (χ1v) is 7.84. The minimum Gasteiger partial charge on any atom is -0.454 e. The third-order valence-electron chi connectivity index (χ3n) is 3.88. The van der Waals surface area contributed by atoms with Gasteiger partial charge in [0, 0.05) is 26.2 Å². The van der Waals surface area contributed by atoms with Crippen LogP contribution >= 0.6 is 0 Å². The van der Waals surface area contributed by atoms with E-state index in [2.05, 4.69) is 15.6 Å². The third kappa shape index (κ3) is 5.48. The second-order valence-electron chi connectivity index (χ2n) is 5.67. The van der Waals surface area contributed by atoms with Crippen molar-refractivity contribution < 1.29 is 18.0 Å². The molecule has 0 atom stereocenters. The van der Waals surface area contributed by atoms with Gasteiger partial charge in [-0.15, -0.1) is 0 Å². The molecule has 1 aromatic heterocycles. The van der Waals surface area contributed by atoms with Crippen LogP contribution in [0, 0.1) is 0 Å². The van der Waals surface area contributed by atoms with Crippen molar-refractivity contribution in [2.75, 3.05) is 26.7 Å². The number of likely N-dealkylation sites (tertiary alicyclic amines) is 1. The molecule has 1 aliphatic heterocycles. The molecular formula is C15H23F2N5O2. The van der Waals surface area contributed by atoms with Crippen LogP contribution < -0.4 is 16.4 Å². The predicted molar refractivity (Wildman–Crippen MR) is 86.0 cm³/mol. The minimum absolute atomic E-state index is 0.112. The number of guanidine groups is 1. The lowest BCUT2D eigenvalue weighted by atomic mass is 10.1. The van der Waals surface area contributed by atoms with Crippen LogP contribution in [-0.4, -0.2) is 55.9 Å². The summed E-state index contributed by atoms with van der Waals surface area (Å²) in [5, 5.41) is 6.36. The highest BCUT2D eigenvalue weighted by atomic mass is 19.3. The monoisotopic (exact) mass is 343 g/mol. The number of carbonyl (C=O) groups is 1. The summed E-state index contributed by atoms with van der Waals surface area (Å²) in [5.41, 5.74) is 5.13. The maximum atomic E-state index is 12.4. The van der Waals surface area contributed by atoms with Crippen LogP contribution in [0.2, 0.25) is 0 Å². The van der Waals surface area contributed by atoms with Crippen LogP contribution in [0.5, 0.6) is 0 Å². The molecule has 0 aromatic carbocycles. The highest BCUT2D eigenvalue weighted by Crippen LogP contribution is 2.12. The van der Waals surface area contributed by atoms with Gasteiger partial charge in [-0.3, -0.25) is 14.7 Å². The summed E-state index contributed by atoms with van der Waals surface area (Å²) in [6.07, 6.45) is -0.734. The first-order chi connectivity index (χ1) is 11.5. The van der Waals surface area contributed by atoms with E-state index in [0.29, 0.717) is 31.4 Å². The van der Waals surface area contributed by atoms with E-state index in [0.717, 1.165) is 12.8 Å². The molecule has 7 nitrogen and oxygen atoms in total. The third-order valence-corrected chi connectivity index (χ3v) is 3.88. The van der Waals surface area contributed by atoms with E-state index >= 15 is 0 Å². The zero-order valence-electron chi connectivity index (χ0n) is 13.6. The fourth-order valence-corrected chi connectivity index (χ4v) is 2.62. The number of hydrogen-bond donors (Lipinski definition) is 3. The van der Waals surface area contributed by atoms with Crippen molar-refractivity contribution in [2.24, 2.45) is 10.7 Å². The molecule has 0 unspecified atom stereocenters. The van der Waals surface area contributed by atoms with Crippen molar-refractivity contribution >= 4 is 11.9 Å². The second kappa shape index (κ2) is 8.62. The largest absolute Gasteiger partial charge is 0.454 e. The second-order valence-corrected chi connectivity index (χ2v) is 5.67. The number of piperidine rings is 1.